The Hall–Kier alpha value is -2.82. The van der Waals surface area contributed by atoms with Crippen molar-refractivity contribution < 1.29 is 19.0 Å². The van der Waals surface area contributed by atoms with Gasteiger partial charge >= 0.3 is 5.97 Å². The van der Waals surface area contributed by atoms with Crippen LogP contribution in [0.2, 0.25) is 0 Å². The van der Waals surface area contributed by atoms with E-state index in [9.17, 15) is 4.79 Å². The molecule has 0 saturated carbocycles. The van der Waals surface area contributed by atoms with E-state index in [1.54, 1.807) is 25.4 Å². The van der Waals surface area contributed by atoms with E-state index in [2.05, 4.69) is 4.98 Å². The van der Waals surface area contributed by atoms with Crippen LogP contribution in [0.15, 0.2) is 42.6 Å². The maximum Gasteiger partial charge on any atom is 0.331 e. The maximum absolute atomic E-state index is 11.9. The van der Waals surface area contributed by atoms with Gasteiger partial charge in [0.15, 0.2) is 0 Å². The van der Waals surface area contributed by atoms with E-state index < -0.39 is 5.97 Å². The van der Waals surface area contributed by atoms with E-state index in [-0.39, 0.29) is 12.7 Å². The third-order valence-electron chi connectivity index (χ3n) is 3.74. The Morgan fingerprint density at radius 3 is 3.04 bits per heavy atom. The van der Waals surface area contributed by atoms with Crippen molar-refractivity contribution in [3.63, 3.8) is 0 Å². The molecule has 2 heterocycles. The Bertz CT molecular complexity index is 755. The molecule has 1 aromatic carbocycles. The van der Waals surface area contributed by atoms with Gasteiger partial charge in [-0.25, -0.2) is 4.79 Å². The number of benzene rings is 1. The number of methoxy groups -OCH3 is 1. The minimum absolute atomic E-state index is 0.145. The van der Waals surface area contributed by atoms with Crippen molar-refractivity contribution in [2.75, 3.05) is 7.11 Å². The first-order valence-electron chi connectivity index (χ1n) is 7.78. The Morgan fingerprint density at radius 2 is 2.29 bits per heavy atom. The maximum atomic E-state index is 11.9. The SMILES string of the molecule is COc1cc2c(cc1/C=C/C(=O)OCc1ccccn1)O[C@@H](C)C2. The Kier molecular flexibility index (Phi) is 4.79. The molecule has 0 N–H and O–H groups in total. The van der Waals surface area contributed by atoms with Gasteiger partial charge in [0.05, 0.1) is 12.8 Å². The van der Waals surface area contributed by atoms with Crippen molar-refractivity contribution in [3.8, 4) is 11.5 Å². The lowest BCUT2D eigenvalue weighted by Crippen LogP contribution is -2.05. The minimum atomic E-state index is -0.433. The van der Waals surface area contributed by atoms with E-state index in [0.29, 0.717) is 11.4 Å². The summed E-state index contributed by atoms with van der Waals surface area (Å²) < 4.78 is 16.3. The van der Waals surface area contributed by atoms with Crippen LogP contribution >= 0.6 is 0 Å². The Labute approximate surface area is 140 Å². The van der Waals surface area contributed by atoms with Crippen LogP contribution in [0.4, 0.5) is 0 Å². The second-order valence-electron chi connectivity index (χ2n) is 5.60. The molecule has 0 spiro atoms. The van der Waals surface area contributed by atoms with E-state index in [1.807, 2.05) is 31.2 Å². The molecule has 1 aliphatic heterocycles. The van der Waals surface area contributed by atoms with Gasteiger partial charge in [-0.15, -0.1) is 0 Å². The Balaban J connectivity index is 1.67. The summed E-state index contributed by atoms with van der Waals surface area (Å²) in [5.74, 6) is 1.11. The minimum Gasteiger partial charge on any atom is -0.496 e. The molecule has 1 atom stereocenters. The van der Waals surface area contributed by atoms with Gasteiger partial charge in [0.1, 0.15) is 24.2 Å². The first-order valence-corrected chi connectivity index (χ1v) is 7.78. The van der Waals surface area contributed by atoms with Crippen LogP contribution in [0.5, 0.6) is 11.5 Å². The quantitative estimate of drug-likeness (QED) is 0.624. The van der Waals surface area contributed by atoms with Crippen LogP contribution in [0.3, 0.4) is 0 Å². The van der Waals surface area contributed by atoms with Crippen molar-refractivity contribution in [2.45, 2.75) is 26.1 Å². The second-order valence-corrected chi connectivity index (χ2v) is 5.60. The molecule has 1 aromatic heterocycles. The topological polar surface area (TPSA) is 57.7 Å². The number of aromatic nitrogens is 1. The zero-order valence-electron chi connectivity index (χ0n) is 13.7. The molecule has 0 unspecified atom stereocenters. The highest BCUT2D eigenvalue weighted by Crippen LogP contribution is 2.35. The molecule has 5 heteroatoms. The van der Waals surface area contributed by atoms with Crippen molar-refractivity contribution in [1.29, 1.82) is 0 Å². The zero-order valence-corrected chi connectivity index (χ0v) is 13.7. The lowest BCUT2D eigenvalue weighted by atomic mass is 10.1. The van der Waals surface area contributed by atoms with Crippen LogP contribution in [-0.4, -0.2) is 24.2 Å². The van der Waals surface area contributed by atoms with Gasteiger partial charge in [-0.05, 0) is 37.3 Å². The Morgan fingerprint density at radius 1 is 1.42 bits per heavy atom. The normalized spacial score (nSPS) is 15.8. The molecule has 0 amide bonds. The van der Waals surface area contributed by atoms with Gasteiger partial charge < -0.3 is 14.2 Å². The molecule has 3 rings (SSSR count). The number of fused-ring (bicyclic) bond motifs is 1. The zero-order chi connectivity index (χ0) is 16.9. The highest BCUT2D eigenvalue weighted by atomic mass is 16.5. The number of hydrogen-bond acceptors (Lipinski definition) is 5. The van der Waals surface area contributed by atoms with E-state index >= 15 is 0 Å². The first kappa shape index (κ1) is 16.1. The fourth-order valence-corrected chi connectivity index (χ4v) is 2.60. The number of rotatable bonds is 5. The summed E-state index contributed by atoms with van der Waals surface area (Å²) in [6.45, 7) is 2.17. The largest absolute Gasteiger partial charge is 0.496 e. The van der Waals surface area contributed by atoms with E-state index in [4.69, 9.17) is 14.2 Å². The van der Waals surface area contributed by atoms with Crippen molar-refractivity contribution in [1.82, 2.24) is 4.98 Å². The number of carbonyl (C=O) groups is 1. The van der Waals surface area contributed by atoms with Gasteiger partial charge in [-0.1, -0.05) is 6.07 Å². The van der Waals surface area contributed by atoms with Gasteiger partial charge in [0.25, 0.3) is 0 Å². The molecule has 2 aromatic rings. The highest BCUT2D eigenvalue weighted by molar-refractivity contribution is 5.87. The summed E-state index contributed by atoms with van der Waals surface area (Å²) in [6, 6.07) is 9.31. The van der Waals surface area contributed by atoms with Crippen LogP contribution in [0.1, 0.15) is 23.7 Å². The lowest BCUT2D eigenvalue weighted by molar-refractivity contribution is -0.139. The van der Waals surface area contributed by atoms with Crippen LogP contribution in [-0.2, 0) is 22.6 Å². The number of hydrogen-bond donors (Lipinski definition) is 0. The fraction of sp³-hybridized carbons (Fsp3) is 0.263. The van der Waals surface area contributed by atoms with Crippen LogP contribution in [0, 0.1) is 0 Å². The summed E-state index contributed by atoms with van der Waals surface area (Å²) >= 11 is 0. The molecule has 124 valence electrons. The second kappa shape index (κ2) is 7.17. The predicted octanol–water partition coefficient (Wildman–Crippen LogP) is 3.17. The molecular formula is C19H19NO4. The summed E-state index contributed by atoms with van der Waals surface area (Å²) in [7, 11) is 1.61. The molecule has 24 heavy (non-hydrogen) atoms. The lowest BCUT2D eigenvalue weighted by Gasteiger charge is -2.08. The smallest absolute Gasteiger partial charge is 0.331 e. The predicted molar refractivity (Wildman–Crippen MR) is 89.9 cm³/mol. The molecule has 0 fully saturated rings. The number of esters is 1. The number of nitrogens with zero attached hydrogens (tertiary/aromatic N) is 1. The number of pyridine rings is 1. The molecule has 0 bridgehead atoms. The average molecular weight is 325 g/mol. The molecule has 0 saturated heterocycles. The van der Waals surface area contributed by atoms with Gasteiger partial charge in [-0.2, -0.15) is 0 Å². The van der Waals surface area contributed by atoms with Crippen molar-refractivity contribution >= 4 is 12.0 Å². The third kappa shape index (κ3) is 3.74. The van der Waals surface area contributed by atoms with Gasteiger partial charge in [0, 0.05) is 29.8 Å². The van der Waals surface area contributed by atoms with Crippen LogP contribution < -0.4 is 9.47 Å². The number of ether oxygens (including phenoxy) is 3. The summed E-state index contributed by atoms with van der Waals surface area (Å²) in [4.78, 5) is 16.0. The molecule has 1 aliphatic rings. The molecule has 0 radical (unpaired) electrons. The summed E-state index contributed by atoms with van der Waals surface area (Å²) in [5.41, 5.74) is 2.60. The third-order valence-corrected chi connectivity index (χ3v) is 3.74. The number of carbonyl (C=O) groups excluding carboxylic acids is 1. The van der Waals surface area contributed by atoms with Crippen molar-refractivity contribution in [2.24, 2.45) is 0 Å². The monoisotopic (exact) mass is 325 g/mol. The first-order chi connectivity index (χ1) is 11.7. The fourth-order valence-electron chi connectivity index (χ4n) is 2.60. The van der Waals surface area contributed by atoms with E-state index in [1.165, 1.54) is 6.08 Å². The highest BCUT2D eigenvalue weighted by Gasteiger charge is 2.21. The van der Waals surface area contributed by atoms with Crippen molar-refractivity contribution in [3.05, 3.63) is 59.4 Å². The van der Waals surface area contributed by atoms with Gasteiger partial charge in [-0.3, -0.25) is 4.98 Å². The van der Waals surface area contributed by atoms with Crippen LogP contribution in [0.25, 0.3) is 6.08 Å². The molecular weight excluding hydrogens is 306 g/mol. The van der Waals surface area contributed by atoms with E-state index in [0.717, 1.165) is 23.3 Å². The average Bonchev–Trinajstić information content (AvgIpc) is 2.97. The molecule has 5 nitrogen and oxygen atoms in total. The van der Waals surface area contributed by atoms with Gasteiger partial charge in [0.2, 0.25) is 0 Å². The standard InChI is InChI=1S/C19H19NO4/c1-13-9-15-11-17(22-2)14(10-18(15)24-13)6-7-19(21)23-12-16-5-3-4-8-20-16/h3-8,10-11,13H,9,12H2,1-2H3/b7-6+/t13-/m0/s1. The summed E-state index contributed by atoms with van der Waals surface area (Å²) in [5, 5.41) is 0. The summed E-state index contributed by atoms with van der Waals surface area (Å²) in [6.07, 6.45) is 5.74. The molecule has 0 aliphatic carbocycles.